The van der Waals surface area contributed by atoms with Gasteiger partial charge in [-0.2, -0.15) is 0 Å². The number of nitrogens with zero attached hydrogens (tertiary/aromatic N) is 2. The number of piperazine rings is 1. The highest BCUT2D eigenvalue weighted by Gasteiger charge is 2.32. The Labute approximate surface area is 205 Å². The first-order valence-corrected chi connectivity index (χ1v) is 12.2. The molecule has 0 spiro atoms. The van der Waals surface area contributed by atoms with E-state index in [0.717, 1.165) is 0 Å². The summed E-state index contributed by atoms with van der Waals surface area (Å²) in [6.45, 7) is 3.44. The number of hydrogen-bond acceptors (Lipinski definition) is 5. The van der Waals surface area contributed by atoms with Gasteiger partial charge in [-0.1, -0.05) is 48.5 Å². The maximum Gasteiger partial charge on any atom is 0.407 e. The van der Waals surface area contributed by atoms with Crippen molar-refractivity contribution in [1.29, 1.82) is 0 Å². The first-order chi connectivity index (χ1) is 16.8. The van der Waals surface area contributed by atoms with Gasteiger partial charge in [0.05, 0.1) is 0 Å². The Morgan fingerprint density at radius 1 is 1.06 bits per heavy atom. The molecule has 0 bridgehead atoms. The molecule has 2 aromatic carbocycles. The average Bonchev–Trinajstić information content (AvgIpc) is 3.16. The number of hydrogen-bond donors (Lipinski definition) is 2. The number of carboxylic acid groups (broad SMARTS) is 1. The van der Waals surface area contributed by atoms with Crippen molar-refractivity contribution in [2.75, 3.05) is 33.3 Å². The molecule has 8 heteroatoms. The van der Waals surface area contributed by atoms with E-state index in [4.69, 9.17) is 4.74 Å². The molecule has 8 nitrogen and oxygen atoms in total. The molecule has 0 saturated carbocycles. The Bertz CT molecular complexity index is 1040. The molecule has 2 atom stereocenters. The van der Waals surface area contributed by atoms with Gasteiger partial charge in [0, 0.05) is 38.0 Å². The van der Waals surface area contributed by atoms with Gasteiger partial charge in [-0.25, -0.2) is 4.79 Å². The summed E-state index contributed by atoms with van der Waals surface area (Å²) < 4.78 is 5.59. The van der Waals surface area contributed by atoms with Crippen LogP contribution < -0.4 is 5.32 Å². The van der Waals surface area contributed by atoms with Gasteiger partial charge in [0.25, 0.3) is 0 Å². The third-order valence-electron chi connectivity index (χ3n) is 7.02. The number of carbonyl (C=O) groups is 3. The molecule has 1 aliphatic carbocycles. The van der Waals surface area contributed by atoms with Crippen LogP contribution in [0.25, 0.3) is 11.1 Å². The number of carbonyl (C=O) groups excluding carboxylic acids is 2. The van der Waals surface area contributed by atoms with Crippen LogP contribution in [0.4, 0.5) is 4.79 Å². The van der Waals surface area contributed by atoms with E-state index in [1.807, 2.05) is 31.2 Å². The smallest absolute Gasteiger partial charge is 0.407 e. The Morgan fingerprint density at radius 3 is 2.31 bits per heavy atom. The zero-order chi connectivity index (χ0) is 24.9. The van der Waals surface area contributed by atoms with Crippen LogP contribution in [0.15, 0.2) is 48.5 Å². The highest BCUT2D eigenvalue weighted by atomic mass is 16.5. The normalized spacial score (nSPS) is 18.5. The van der Waals surface area contributed by atoms with E-state index in [2.05, 4.69) is 29.6 Å². The summed E-state index contributed by atoms with van der Waals surface area (Å²) >= 11 is 0. The van der Waals surface area contributed by atoms with Crippen LogP contribution in [0.3, 0.4) is 0 Å². The molecule has 1 saturated heterocycles. The summed E-state index contributed by atoms with van der Waals surface area (Å²) in [5.74, 6) is -0.942. The summed E-state index contributed by atoms with van der Waals surface area (Å²) in [7, 11) is 1.76. The minimum absolute atomic E-state index is 0.0132. The largest absolute Gasteiger partial charge is 0.480 e. The molecule has 1 heterocycles. The molecule has 2 N–H and O–H groups in total. The van der Waals surface area contributed by atoms with Crippen molar-refractivity contribution in [2.24, 2.45) is 0 Å². The highest BCUT2D eigenvalue weighted by Crippen LogP contribution is 2.44. The molecular formula is C27H33N3O5. The fourth-order valence-electron chi connectivity index (χ4n) is 5.00. The zero-order valence-corrected chi connectivity index (χ0v) is 20.3. The number of aliphatic carboxylic acids is 1. The lowest BCUT2D eigenvalue weighted by Crippen LogP contribution is -2.56. The summed E-state index contributed by atoms with van der Waals surface area (Å²) in [5, 5.41) is 12.2. The second-order valence-corrected chi connectivity index (χ2v) is 9.44. The maximum absolute atomic E-state index is 12.5. The standard InChI is InChI=1S/C27H33N3O5/c1-18(8-7-13-25(31)30-15-14-29(2)24(16-30)26(32)33)28-27(34)35-17-23-21-11-5-3-9-19(21)20-10-4-6-12-22(20)23/h3-6,9-12,18,23-24H,7-8,13-17H2,1-2H3,(H,28,34)(H,32,33). The molecule has 0 radical (unpaired) electrons. The van der Waals surface area contributed by atoms with E-state index in [0.29, 0.717) is 32.4 Å². The number of alkyl carbamates (subject to hydrolysis) is 1. The molecule has 35 heavy (non-hydrogen) atoms. The molecule has 2 aromatic rings. The monoisotopic (exact) mass is 479 g/mol. The lowest BCUT2D eigenvalue weighted by molar-refractivity contribution is -0.147. The fraction of sp³-hybridized carbons (Fsp3) is 0.444. The van der Waals surface area contributed by atoms with Crippen LogP contribution in [0.1, 0.15) is 43.2 Å². The van der Waals surface area contributed by atoms with Gasteiger partial charge >= 0.3 is 12.1 Å². The van der Waals surface area contributed by atoms with Crippen LogP contribution in [-0.2, 0) is 14.3 Å². The van der Waals surface area contributed by atoms with Crippen LogP contribution in [0.5, 0.6) is 0 Å². The van der Waals surface area contributed by atoms with Gasteiger partial charge in [-0.15, -0.1) is 0 Å². The van der Waals surface area contributed by atoms with Crippen LogP contribution in [-0.4, -0.2) is 78.2 Å². The van der Waals surface area contributed by atoms with Crippen molar-refractivity contribution >= 4 is 18.0 Å². The Hall–Kier alpha value is -3.39. The quantitative estimate of drug-likeness (QED) is 0.603. The van der Waals surface area contributed by atoms with E-state index >= 15 is 0 Å². The number of ether oxygens (including phenoxy) is 1. The van der Waals surface area contributed by atoms with Gasteiger partial charge in [0.1, 0.15) is 12.6 Å². The summed E-state index contributed by atoms with van der Waals surface area (Å²) in [5.41, 5.74) is 4.71. The van der Waals surface area contributed by atoms with Crippen molar-refractivity contribution in [3.05, 3.63) is 59.7 Å². The lowest BCUT2D eigenvalue weighted by Gasteiger charge is -2.37. The van der Waals surface area contributed by atoms with Gasteiger partial charge < -0.3 is 20.1 Å². The second-order valence-electron chi connectivity index (χ2n) is 9.44. The first kappa shape index (κ1) is 24.7. The van der Waals surface area contributed by atoms with Gasteiger partial charge in [-0.05, 0) is 49.1 Å². The number of carboxylic acids is 1. The first-order valence-electron chi connectivity index (χ1n) is 12.2. The molecule has 0 aromatic heterocycles. The predicted molar refractivity (Wildman–Crippen MR) is 132 cm³/mol. The second kappa shape index (κ2) is 10.9. The van der Waals surface area contributed by atoms with Gasteiger partial charge in [0.15, 0.2) is 0 Å². The average molecular weight is 480 g/mol. The number of nitrogens with one attached hydrogen (secondary N) is 1. The molecule has 4 rings (SSSR count). The van der Waals surface area contributed by atoms with Gasteiger partial charge in [0.2, 0.25) is 5.91 Å². The van der Waals surface area contributed by atoms with E-state index in [-0.39, 0.29) is 31.0 Å². The fourth-order valence-corrected chi connectivity index (χ4v) is 5.00. The van der Waals surface area contributed by atoms with Crippen LogP contribution in [0.2, 0.25) is 0 Å². The SMILES string of the molecule is CC(CCCC(=O)N1CCN(C)C(C(=O)O)C1)NC(=O)OCC1c2ccccc2-c2ccccc21. The molecule has 2 aliphatic rings. The molecule has 1 aliphatic heterocycles. The number of benzene rings is 2. The highest BCUT2D eigenvalue weighted by molar-refractivity contribution is 5.80. The Morgan fingerprint density at radius 2 is 1.69 bits per heavy atom. The number of likely N-dealkylation sites (N-methyl/N-ethyl adjacent to an activating group) is 1. The Kier molecular flexibility index (Phi) is 7.70. The van der Waals surface area contributed by atoms with E-state index < -0.39 is 18.1 Å². The summed E-state index contributed by atoms with van der Waals surface area (Å²) in [6, 6.07) is 15.6. The number of amides is 2. The molecule has 186 valence electrons. The minimum Gasteiger partial charge on any atom is -0.480 e. The molecular weight excluding hydrogens is 446 g/mol. The molecule has 2 amide bonds. The van der Waals surface area contributed by atoms with Crippen molar-refractivity contribution < 1.29 is 24.2 Å². The summed E-state index contributed by atoms with van der Waals surface area (Å²) in [6.07, 6.45) is 1.10. The minimum atomic E-state index is -0.911. The van der Waals surface area contributed by atoms with E-state index in [1.165, 1.54) is 22.3 Å². The maximum atomic E-state index is 12.5. The number of fused-ring (bicyclic) bond motifs is 3. The third kappa shape index (κ3) is 5.65. The summed E-state index contributed by atoms with van der Waals surface area (Å²) in [4.78, 5) is 39.7. The van der Waals surface area contributed by atoms with Crippen LogP contribution in [0, 0.1) is 0 Å². The van der Waals surface area contributed by atoms with Crippen LogP contribution >= 0.6 is 0 Å². The topological polar surface area (TPSA) is 99.2 Å². The lowest BCUT2D eigenvalue weighted by atomic mass is 9.98. The third-order valence-corrected chi connectivity index (χ3v) is 7.02. The van der Waals surface area contributed by atoms with Crippen molar-refractivity contribution in [1.82, 2.24) is 15.1 Å². The molecule has 2 unspecified atom stereocenters. The van der Waals surface area contributed by atoms with E-state index in [9.17, 15) is 19.5 Å². The van der Waals surface area contributed by atoms with E-state index in [1.54, 1.807) is 16.8 Å². The zero-order valence-electron chi connectivity index (χ0n) is 20.3. The molecule has 1 fully saturated rings. The van der Waals surface area contributed by atoms with Gasteiger partial charge in [-0.3, -0.25) is 14.5 Å². The number of rotatable bonds is 8. The van der Waals surface area contributed by atoms with Crippen molar-refractivity contribution in [3.8, 4) is 11.1 Å². The predicted octanol–water partition coefficient (Wildman–Crippen LogP) is 3.31. The Balaban J connectivity index is 1.21. The van der Waals surface area contributed by atoms with Crippen molar-refractivity contribution in [2.45, 2.75) is 44.2 Å². The van der Waals surface area contributed by atoms with Crippen molar-refractivity contribution in [3.63, 3.8) is 0 Å².